The molecule has 2 heterocycles. The molecular formula is C19H23N5O4S. The highest BCUT2D eigenvalue weighted by molar-refractivity contribution is 8.00. The second-order valence-electron chi connectivity index (χ2n) is 6.36. The number of methoxy groups -OCH3 is 2. The fourth-order valence-electron chi connectivity index (χ4n) is 2.73. The van der Waals surface area contributed by atoms with Gasteiger partial charge in [-0.1, -0.05) is 11.8 Å². The minimum absolute atomic E-state index is 0.167. The monoisotopic (exact) mass is 417 g/mol. The maximum atomic E-state index is 12.6. The molecule has 0 spiro atoms. The van der Waals surface area contributed by atoms with Gasteiger partial charge in [0.25, 0.3) is 5.22 Å². The molecule has 10 heteroatoms. The second kappa shape index (κ2) is 8.56. The molecule has 1 aromatic carbocycles. The first-order valence-corrected chi connectivity index (χ1v) is 9.75. The number of benzene rings is 1. The molecule has 0 saturated carbocycles. The van der Waals surface area contributed by atoms with Gasteiger partial charge in [-0.15, -0.1) is 10.2 Å². The van der Waals surface area contributed by atoms with E-state index in [4.69, 9.17) is 13.9 Å². The fraction of sp³-hybridized carbons (Fsp3) is 0.368. The smallest absolute Gasteiger partial charge is 0.277 e. The summed E-state index contributed by atoms with van der Waals surface area (Å²) in [5, 5.41) is 15.2. The third-order valence-electron chi connectivity index (χ3n) is 4.44. The zero-order valence-corrected chi connectivity index (χ0v) is 18.0. The fourth-order valence-corrected chi connectivity index (χ4v) is 3.41. The quantitative estimate of drug-likeness (QED) is 0.584. The van der Waals surface area contributed by atoms with Crippen LogP contribution in [0.15, 0.2) is 27.8 Å². The number of aromatic nitrogens is 4. The Balaban J connectivity index is 1.70. The number of nitrogens with one attached hydrogen (secondary N) is 1. The number of carbonyl (C=O) groups is 1. The Labute approximate surface area is 172 Å². The Morgan fingerprint density at radius 2 is 1.93 bits per heavy atom. The summed E-state index contributed by atoms with van der Waals surface area (Å²) in [5.74, 6) is 1.34. The van der Waals surface area contributed by atoms with Crippen LogP contribution < -0.4 is 14.8 Å². The van der Waals surface area contributed by atoms with E-state index >= 15 is 0 Å². The van der Waals surface area contributed by atoms with E-state index in [1.54, 1.807) is 44.0 Å². The first-order valence-electron chi connectivity index (χ1n) is 8.87. The molecule has 0 aliphatic rings. The molecule has 0 radical (unpaired) electrons. The van der Waals surface area contributed by atoms with E-state index in [0.29, 0.717) is 28.2 Å². The first kappa shape index (κ1) is 20.7. The van der Waals surface area contributed by atoms with Gasteiger partial charge in [-0.2, -0.15) is 5.10 Å². The Morgan fingerprint density at radius 1 is 1.21 bits per heavy atom. The van der Waals surface area contributed by atoms with Crippen LogP contribution in [0.25, 0.3) is 11.5 Å². The normalized spacial score (nSPS) is 11.9. The van der Waals surface area contributed by atoms with Crippen molar-refractivity contribution in [1.82, 2.24) is 20.0 Å². The highest BCUT2D eigenvalue weighted by Gasteiger charge is 2.21. The van der Waals surface area contributed by atoms with E-state index in [1.165, 1.54) is 11.8 Å². The van der Waals surface area contributed by atoms with Crippen LogP contribution in [-0.4, -0.2) is 45.4 Å². The van der Waals surface area contributed by atoms with Crippen LogP contribution in [0.1, 0.15) is 18.3 Å². The summed E-state index contributed by atoms with van der Waals surface area (Å²) in [7, 11) is 4.97. The predicted octanol–water partition coefficient (Wildman–Crippen LogP) is 3.22. The van der Waals surface area contributed by atoms with Gasteiger partial charge < -0.3 is 19.2 Å². The molecule has 0 bridgehead atoms. The molecule has 1 N–H and O–H groups in total. The number of rotatable bonds is 7. The van der Waals surface area contributed by atoms with Gasteiger partial charge in [0, 0.05) is 12.6 Å². The zero-order chi connectivity index (χ0) is 21.1. The number of hydrogen-bond acceptors (Lipinski definition) is 8. The van der Waals surface area contributed by atoms with Gasteiger partial charge in [0.05, 0.1) is 36.5 Å². The largest absolute Gasteiger partial charge is 0.493 e. The second-order valence-corrected chi connectivity index (χ2v) is 7.65. The Kier molecular flexibility index (Phi) is 6.12. The van der Waals surface area contributed by atoms with E-state index in [2.05, 4.69) is 20.6 Å². The third kappa shape index (κ3) is 4.37. The number of ether oxygens (including phenoxy) is 2. The van der Waals surface area contributed by atoms with Crippen molar-refractivity contribution in [2.24, 2.45) is 7.05 Å². The number of thioether (sulfide) groups is 1. The van der Waals surface area contributed by atoms with Crippen molar-refractivity contribution in [2.45, 2.75) is 31.2 Å². The summed E-state index contributed by atoms with van der Waals surface area (Å²) in [4.78, 5) is 12.6. The number of amides is 1. The highest BCUT2D eigenvalue weighted by Crippen LogP contribution is 2.33. The lowest BCUT2D eigenvalue weighted by molar-refractivity contribution is -0.115. The van der Waals surface area contributed by atoms with Crippen molar-refractivity contribution in [1.29, 1.82) is 0 Å². The lowest BCUT2D eigenvalue weighted by atomic mass is 10.2. The van der Waals surface area contributed by atoms with Gasteiger partial charge in [-0.3, -0.25) is 9.48 Å². The molecule has 1 amide bonds. The molecule has 9 nitrogen and oxygen atoms in total. The van der Waals surface area contributed by atoms with Gasteiger partial charge in [0.1, 0.15) is 0 Å². The molecule has 3 rings (SSSR count). The van der Waals surface area contributed by atoms with Gasteiger partial charge in [0.2, 0.25) is 11.8 Å². The Hall–Kier alpha value is -3.01. The maximum absolute atomic E-state index is 12.6. The number of aryl methyl sites for hydroxylation is 2. The summed E-state index contributed by atoms with van der Waals surface area (Å²) in [6.45, 7) is 5.54. The summed E-state index contributed by atoms with van der Waals surface area (Å²) in [5.41, 5.74) is 3.08. The molecule has 2 aromatic heterocycles. The van der Waals surface area contributed by atoms with E-state index in [9.17, 15) is 4.79 Å². The summed E-state index contributed by atoms with van der Waals surface area (Å²) >= 11 is 1.19. The topological polar surface area (TPSA) is 104 Å². The minimum atomic E-state index is -0.437. The van der Waals surface area contributed by atoms with Crippen LogP contribution in [0.5, 0.6) is 11.5 Å². The molecule has 154 valence electrons. The summed E-state index contributed by atoms with van der Waals surface area (Å²) in [6.07, 6.45) is 0. The summed E-state index contributed by atoms with van der Waals surface area (Å²) < 4.78 is 18.0. The van der Waals surface area contributed by atoms with Crippen molar-refractivity contribution in [3.8, 4) is 23.0 Å². The Bertz CT molecular complexity index is 1030. The van der Waals surface area contributed by atoms with Crippen molar-refractivity contribution >= 4 is 23.4 Å². The third-order valence-corrected chi connectivity index (χ3v) is 5.38. The average Bonchev–Trinajstić information content (AvgIpc) is 3.27. The molecule has 0 unspecified atom stereocenters. The van der Waals surface area contributed by atoms with Crippen molar-refractivity contribution in [2.75, 3.05) is 19.5 Å². The number of anilines is 1. The molecule has 0 saturated heterocycles. The molecular weight excluding hydrogens is 394 g/mol. The maximum Gasteiger partial charge on any atom is 0.277 e. The van der Waals surface area contributed by atoms with Crippen molar-refractivity contribution < 1.29 is 18.7 Å². The van der Waals surface area contributed by atoms with Crippen LogP contribution in [0.2, 0.25) is 0 Å². The molecule has 0 fully saturated rings. The number of carbonyl (C=O) groups excluding carboxylic acids is 1. The van der Waals surface area contributed by atoms with Crippen molar-refractivity contribution in [3.63, 3.8) is 0 Å². The lowest BCUT2D eigenvalue weighted by Crippen LogP contribution is -2.23. The predicted molar refractivity (Wildman–Crippen MR) is 109 cm³/mol. The molecule has 1 atom stereocenters. The van der Waals surface area contributed by atoms with Crippen LogP contribution >= 0.6 is 11.8 Å². The first-order chi connectivity index (χ1) is 13.8. The molecule has 0 aliphatic heterocycles. The Morgan fingerprint density at radius 3 is 2.55 bits per heavy atom. The van der Waals surface area contributed by atoms with Gasteiger partial charge in [0.15, 0.2) is 11.5 Å². The average molecular weight is 417 g/mol. The highest BCUT2D eigenvalue weighted by atomic mass is 32.2. The van der Waals surface area contributed by atoms with Crippen molar-refractivity contribution in [3.05, 3.63) is 29.6 Å². The molecule has 0 aliphatic carbocycles. The zero-order valence-electron chi connectivity index (χ0n) is 17.1. The lowest BCUT2D eigenvalue weighted by Gasteiger charge is -2.10. The van der Waals surface area contributed by atoms with Gasteiger partial charge in [-0.25, -0.2) is 0 Å². The molecule has 29 heavy (non-hydrogen) atoms. The van der Waals surface area contributed by atoms with Crippen LogP contribution in [0.4, 0.5) is 5.69 Å². The van der Waals surface area contributed by atoms with E-state index < -0.39 is 5.25 Å². The van der Waals surface area contributed by atoms with Crippen LogP contribution in [0, 0.1) is 13.8 Å². The minimum Gasteiger partial charge on any atom is -0.493 e. The molecule has 3 aromatic rings. The van der Waals surface area contributed by atoms with Gasteiger partial charge in [-0.05, 0) is 39.0 Å². The van der Waals surface area contributed by atoms with E-state index in [-0.39, 0.29) is 5.91 Å². The van der Waals surface area contributed by atoms with E-state index in [1.807, 2.05) is 20.9 Å². The van der Waals surface area contributed by atoms with Gasteiger partial charge >= 0.3 is 0 Å². The van der Waals surface area contributed by atoms with E-state index in [0.717, 1.165) is 17.1 Å². The van der Waals surface area contributed by atoms with Crippen LogP contribution in [0.3, 0.4) is 0 Å². The standard InChI is InChI=1S/C19H23N5O4S/c1-10-16(11(2)24(4)23-10)20-17(25)12(3)29-19-22-21-18(28-19)13-7-8-14(26-5)15(9-13)27-6/h7-9,12H,1-6H3,(H,20,25)/t12-/m1/s1. The van der Waals surface area contributed by atoms with Crippen LogP contribution in [-0.2, 0) is 11.8 Å². The SMILES string of the molecule is COc1ccc(-c2nnc(S[C@H](C)C(=O)Nc3c(C)nn(C)c3C)o2)cc1OC. The number of nitrogens with zero attached hydrogens (tertiary/aromatic N) is 4. The number of hydrogen-bond donors (Lipinski definition) is 1. The summed E-state index contributed by atoms with van der Waals surface area (Å²) in [6, 6.07) is 5.32.